The maximum Gasteiger partial charge on any atom is 0.303 e. The third-order valence-electron chi connectivity index (χ3n) is 3.93. The second-order valence-electron chi connectivity index (χ2n) is 5.72. The van der Waals surface area contributed by atoms with Crippen LogP contribution in [0.15, 0.2) is 24.3 Å². The van der Waals surface area contributed by atoms with E-state index in [9.17, 15) is 9.59 Å². The number of carboxylic acids is 1. The number of aromatic nitrogens is 1. The molecule has 0 atom stereocenters. The summed E-state index contributed by atoms with van der Waals surface area (Å²) in [4.78, 5) is 26.1. The van der Waals surface area contributed by atoms with E-state index in [1.807, 2.05) is 39.0 Å². The number of pyridine rings is 1. The Hall–Kier alpha value is -2.69. The van der Waals surface area contributed by atoms with E-state index < -0.39 is 5.97 Å². The first-order valence-electron chi connectivity index (χ1n) is 7.82. The van der Waals surface area contributed by atoms with Gasteiger partial charge in [0, 0.05) is 29.3 Å². The zero-order valence-electron chi connectivity index (χ0n) is 14.1. The van der Waals surface area contributed by atoms with E-state index in [2.05, 4.69) is 4.98 Å². The topological polar surface area (TPSA) is 76.5 Å². The fraction of sp³-hybridized carbons (Fsp3) is 0.316. The van der Waals surface area contributed by atoms with Crippen LogP contribution in [-0.2, 0) is 4.79 Å². The Morgan fingerprint density at radius 2 is 2.04 bits per heavy atom. The van der Waals surface area contributed by atoms with Gasteiger partial charge in [-0.25, -0.2) is 4.98 Å². The van der Waals surface area contributed by atoms with Crippen molar-refractivity contribution in [2.24, 2.45) is 0 Å². The van der Waals surface area contributed by atoms with E-state index >= 15 is 0 Å². The van der Waals surface area contributed by atoms with Crippen LogP contribution in [0, 0.1) is 20.8 Å². The molecule has 0 aliphatic heterocycles. The van der Waals surface area contributed by atoms with Gasteiger partial charge in [0.05, 0.1) is 6.61 Å². The lowest BCUT2D eigenvalue weighted by atomic mass is 9.93. The van der Waals surface area contributed by atoms with Gasteiger partial charge < -0.3 is 9.84 Å². The quantitative estimate of drug-likeness (QED) is 0.619. The largest absolute Gasteiger partial charge is 0.481 e. The summed E-state index contributed by atoms with van der Waals surface area (Å²) in [7, 11) is 0. The van der Waals surface area contributed by atoms with Gasteiger partial charge in [-0.2, -0.15) is 0 Å². The standard InChI is InChI=1S/C19H21NO4/c1-12-10-17(24-9-5-8-18(22)23)20-14(3)19(12)16-7-4-6-15(11-21)13(16)2/h4,6-7,10-11H,5,8-9H2,1-3H3,(H,22,23). The first-order valence-corrected chi connectivity index (χ1v) is 7.82. The van der Waals surface area contributed by atoms with Crippen LogP contribution in [0.4, 0.5) is 0 Å². The predicted molar refractivity (Wildman–Crippen MR) is 91.6 cm³/mol. The molecule has 1 aromatic heterocycles. The minimum Gasteiger partial charge on any atom is -0.481 e. The zero-order valence-corrected chi connectivity index (χ0v) is 14.1. The summed E-state index contributed by atoms with van der Waals surface area (Å²) in [6.45, 7) is 6.12. The summed E-state index contributed by atoms with van der Waals surface area (Å²) in [5.41, 5.74) is 5.39. The molecule has 1 aromatic carbocycles. The van der Waals surface area contributed by atoms with Crippen LogP contribution >= 0.6 is 0 Å². The van der Waals surface area contributed by atoms with Crippen LogP contribution in [0.3, 0.4) is 0 Å². The molecule has 2 aromatic rings. The van der Waals surface area contributed by atoms with E-state index in [1.54, 1.807) is 6.07 Å². The Morgan fingerprint density at radius 1 is 1.29 bits per heavy atom. The van der Waals surface area contributed by atoms with Gasteiger partial charge in [0.1, 0.15) is 6.29 Å². The summed E-state index contributed by atoms with van der Waals surface area (Å²) in [6, 6.07) is 7.48. The highest BCUT2D eigenvalue weighted by atomic mass is 16.5. The lowest BCUT2D eigenvalue weighted by Gasteiger charge is -2.15. The van der Waals surface area contributed by atoms with Gasteiger partial charge >= 0.3 is 5.97 Å². The number of carbonyl (C=O) groups excluding carboxylic acids is 1. The molecular formula is C19H21NO4. The number of hydrogen-bond donors (Lipinski definition) is 1. The van der Waals surface area contributed by atoms with E-state index in [4.69, 9.17) is 9.84 Å². The summed E-state index contributed by atoms with van der Waals surface area (Å²) in [5.74, 6) is -0.344. The van der Waals surface area contributed by atoms with Crippen molar-refractivity contribution in [3.63, 3.8) is 0 Å². The molecule has 1 heterocycles. The molecule has 0 bridgehead atoms. The van der Waals surface area contributed by atoms with E-state index in [0.29, 0.717) is 24.5 Å². The van der Waals surface area contributed by atoms with Crippen molar-refractivity contribution in [1.82, 2.24) is 4.98 Å². The van der Waals surface area contributed by atoms with E-state index in [-0.39, 0.29) is 6.42 Å². The van der Waals surface area contributed by atoms with Crippen LogP contribution < -0.4 is 4.74 Å². The Labute approximate surface area is 141 Å². The smallest absolute Gasteiger partial charge is 0.303 e. The molecule has 5 nitrogen and oxygen atoms in total. The van der Waals surface area contributed by atoms with Crippen molar-refractivity contribution in [1.29, 1.82) is 0 Å². The zero-order chi connectivity index (χ0) is 17.7. The lowest BCUT2D eigenvalue weighted by molar-refractivity contribution is -0.137. The second kappa shape index (κ2) is 7.73. The summed E-state index contributed by atoms with van der Waals surface area (Å²) in [6.07, 6.45) is 1.38. The molecule has 0 spiro atoms. The van der Waals surface area contributed by atoms with Crippen molar-refractivity contribution in [3.05, 3.63) is 46.6 Å². The number of aldehydes is 1. The minimum atomic E-state index is -0.834. The van der Waals surface area contributed by atoms with Crippen LogP contribution in [0.5, 0.6) is 5.88 Å². The summed E-state index contributed by atoms with van der Waals surface area (Å²) >= 11 is 0. The van der Waals surface area contributed by atoms with Gasteiger partial charge in [-0.3, -0.25) is 9.59 Å². The summed E-state index contributed by atoms with van der Waals surface area (Å²) < 4.78 is 5.55. The second-order valence-corrected chi connectivity index (χ2v) is 5.72. The maximum absolute atomic E-state index is 11.2. The molecule has 0 radical (unpaired) electrons. The molecule has 1 N–H and O–H groups in total. The van der Waals surface area contributed by atoms with Gasteiger partial charge in [-0.15, -0.1) is 0 Å². The molecule has 126 valence electrons. The monoisotopic (exact) mass is 327 g/mol. The molecule has 0 saturated carbocycles. The highest BCUT2D eigenvalue weighted by molar-refractivity contribution is 5.84. The third kappa shape index (κ3) is 3.98. The number of aliphatic carboxylic acids is 1. The Morgan fingerprint density at radius 3 is 2.67 bits per heavy atom. The number of benzene rings is 1. The number of ether oxygens (including phenoxy) is 1. The van der Waals surface area contributed by atoms with Gasteiger partial charge in [0.15, 0.2) is 0 Å². The third-order valence-corrected chi connectivity index (χ3v) is 3.93. The minimum absolute atomic E-state index is 0.0771. The fourth-order valence-corrected chi connectivity index (χ4v) is 2.73. The van der Waals surface area contributed by atoms with E-state index in [1.165, 1.54) is 0 Å². The first kappa shape index (κ1) is 17.7. The van der Waals surface area contributed by atoms with Gasteiger partial charge in [0.25, 0.3) is 0 Å². The molecule has 0 aliphatic carbocycles. The lowest BCUT2D eigenvalue weighted by Crippen LogP contribution is -2.05. The number of carboxylic acid groups (broad SMARTS) is 1. The molecule has 0 amide bonds. The number of nitrogens with zero attached hydrogens (tertiary/aromatic N) is 1. The first-order chi connectivity index (χ1) is 11.4. The van der Waals surface area contributed by atoms with Crippen molar-refractivity contribution in [2.45, 2.75) is 33.6 Å². The summed E-state index contributed by atoms with van der Waals surface area (Å²) in [5, 5.41) is 8.63. The molecule has 0 unspecified atom stereocenters. The number of hydrogen-bond acceptors (Lipinski definition) is 4. The Balaban J connectivity index is 2.27. The van der Waals surface area contributed by atoms with Crippen LogP contribution in [0.25, 0.3) is 11.1 Å². The van der Waals surface area contributed by atoms with Gasteiger partial charge in [-0.1, -0.05) is 18.2 Å². The highest BCUT2D eigenvalue weighted by Crippen LogP contribution is 2.32. The van der Waals surface area contributed by atoms with Crippen LogP contribution in [-0.4, -0.2) is 29.0 Å². The molecule has 24 heavy (non-hydrogen) atoms. The normalized spacial score (nSPS) is 10.5. The molecule has 2 rings (SSSR count). The van der Waals surface area contributed by atoms with Crippen molar-refractivity contribution in [3.8, 4) is 17.0 Å². The highest BCUT2D eigenvalue weighted by Gasteiger charge is 2.13. The molecular weight excluding hydrogens is 306 g/mol. The van der Waals surface area contributed by atoms with Crippen molar-refractivity contribution < 1.29 is 19.4 Å². The SMILES string of the molecule is Cc1cc(OCCCC(=O)O)nc(C)c1-c1cccc(C=O)c1C. The van der Waals surface area contributed by atoms with E-state index in [0.717, 1.165) is 34.2 Å². The maximum atomic E-state index is 11.2. The van der Waals surface area contributed by atoms with Gasteiger partial charge in [0.2, 0.25) is 5.88 Å². The van der Waals surface area contributed by atoms with Gasteiger partial charge in [-0.05, 0) is 43.9 Å². The number of rotatable bonds is 7. The van der Waals surface area contributed by atoms with Crippen molar-refractivity contribution in [2.75, 3.05) is 6.61 Å². The average Bonchev–Trinajstić information content (AvgIpc) is 2.52. The van der Waals surface area contributed by atoms with Crippen molar-refractivity contribution >= 4 is 12.3 Å². The Bertz CT molecular complexity index is 745. The number of carbonyl (C=O) groups is 2. The predicted octanol–water partition coefficient (Wildman–Crippen LogP) is 3.73. The molecule has 0 saturated heterocycles. The molecule has 0 fully saturated rings. The fourth-order valence-electron chi connectivity index (χ4n) is 2.73. The molecule has 0 aliphatic rings. The van der Waals surface area contributed by atoms with Crippen LogP contribution in [0.2, 0.25) is 0 Å². The number of aryl methyl sites for hydroxylation is 2. The molecule has 5 heteroatoms. The average molecular weight is 327 g/mol. The van der Waals surface area contributed by atoms with Crippen LogP contribution in [0.1, 0.15) is 40.0 Å². The Kier molecular flexibility index (Phi) is 5.68.